The molecule has 4 N–H and O–H groups in total. The molecule has 1 aliphatic heterocycles. The van der Waals surface area contributed by atoms with Crippen molar-refractivity contribution in [1.29, 1.82) is 0 Å². The van der Waals surface area contributed by atoms with Crippen LogP contribution >= 0.6 is 11.6 Å². The van der Waals surface area contributed by atoms with E-state index in [2.05, 4.69) is 20.6 Å². The summed E-state index contributed by atoms with van der Waals surface area (Å²) < 4.78 is 35.6. The third kappa shape index (κ3) is 6.45. The van der Waals surface area contributed by atoms with E-state index in [1.54, 1.807) is 11.1 Å². The highest BCUT2D eigenvalue weighted by Gasteiger charge is 2.30. The summed E-state index contributed by atoms with van der Waals surface area (Å²) in [5.74, 6) is -1.59. The molecule has 41 heavy (non-hydrogen) atoms. The lowest BCUT2D eigenvalue weighted by atomic mass is 9.85. The molecule has 3 aromatic rings. The zero-order valence-electron chi connectivity index (χ0n) is 22.9. The number of nitrogens with zero attached hydrogens (tertiary/aromatic N) is 5. The highest BCUT2D eigenvalue weighted by Crippen LogP contribution is 2.38. The Labute approximate surface area is 240 Å². The highest BCUT2D eigenvalue weighted by atomic mass is 35.5. The normalized spacial score (nSPS) is 21.2. The number of halogens is 3. The Hall–Kier alpha value is -3.74. The predicted octanol–water partition coefficient (Wildman–Crippen LogP) is 5.14. The number of aromatic nitrogens is 4. The molecule has 2 amide bonds. The molecule has 1 atom stereocenters. The fourth-order valence-electron chi connectivity index (χ4n) is 5.51. The van der Waals surface area contributed by atoms with Gasteiger partial charge in [-0.25, -0.2) is 23.5 Å². The standard InChI is InChI=1S/C27H33ClF2N8O3/c1-14(2)41-27(40)37-9-3-4-17(13-37)33-25-32-12-21-24(36-25)38(18-7-5-15(6-8-18)23(31)39)26(34-21)35-22-19(28)10-16(29)11-20(22)30/h10-12,14-15,17-18H,3-9,13H2,1-2H3,(H2,31,39)(H,34,35)(H,32,33,36)/t15?,17-,18?/m1/s1. The topological polar surface area (TPSA) is 140 Å². The number of hydrogen-bond acceptors (Lipinski definition) is 8. The van der Waals surface area contributed by atoms with Crippen molar-refractivity contribution in [3.05, 3.63) is 35.0 Å². The van der Waals surface area contributed by atoms with Gasteiger partial charge in [0.05, 0.1) is 23.0 Å². The van der Waals surface area contributed by atoms with Crippen molar-refractivity contribution < 1.29 is 23.1 Å². The summed E-state index contributed by atoms with van der Waals surface area (Å²) in [4.78, 5) is 39.7. The molecule has 1 saturated carbocycles. The van der Waals surface area contributed by atoms with Gasteiger partial charge in [-0.15, -0.1) is 0 Å². The third-order valence-electron chi connectivity index (χ3n) is 7.49. The molecule has 0 bridgehead atoms. The Kier molecular flexibility index (Phi) is 8.43. The second-order valence-corrected chi connectivity index (χ2v) is 11.3. The SMILES string of the molecule is CC(C)OC(=O)N1CCC[C@@H](Nc2ncc3nc(Nc4c(F)cc(F)cc4Cl)n(C4CCC(C(N)=O)CC4)c3n2)C1. The predicted molar refractivity (Wildman–Crippen MR) is 150 cm³/mol. The largest absolute Gasteiger partial charge is 0.447 e. The van der Waals surface area contributed by atoms with Gasteiger partial charge in [-0.05, 0) is 58.4 Å². The fraction of sp³-hybridized carbons (Fsp3) is 0.519. The summed E-state index contributed by atoms with van der Waals surface area (Å²) in [6.07, 6.45) is 5.04. The van der Waals surface area contributed by atoms with Crippen LogP contribution in [0, 0.1) is 17.6 Å². The van der Waals surface area contributed by atoms with Crippen LogP contribution in [-0.2, 0) is 9.53 Å². The van der Waals surface area contributed by atoms with E-state index in [4.69, 9.17) is 27.1 Å². The van der Waals surface area contributed by atoms with E-state index in [1.165, 1.54) is 0 Å². The number of ether oxygens (including phenoxy) is 1. The lowest BCUT2D eigenvalue weighted by Gasteiger charge is -2.33. The smallest absolute Gasteiger partial charge is 0.410 e. The molecule has 5 rings (SSSR count). The van der Waals surface area contributed by atoms with E-state index >= 15 is 0 Å². The van der Waals surface area contributed by atoms with Crippen LogP contribution in [0.5, 0.6) is 0 Å². The maximum absolute atomic E-state index is 14.7. The first-order valence-electron chi connectivity index (χ1n) is 13.8. The first-order valence-corrected chi connectivity index (χ1v) is 14.1. The average Bonchev–Trinajstić information content (AvgIpc) is 3.27. The molecule has 1 saturated heterocycles. The molecule has 220 valence electrons. The Morgan fingerprint density at radius 2 is 1.90 bits per heavy atom. The molecule has 2 aromatic heterocycles. The van der Waals surface area contributed by atoms with Gasteiger partial charge in [0.15, 0.2) is 11.5 Å². The maximum atomic E-state index is 14.7. The summed E-state index contributed by atoms with van der Waals surface area (Å²) >= 11 is 6.17. The first-order chi connectivity index (χ1) is 19.6. The summed E-state index contributed by atoms with van der Waals surface area (Å²) in [6.45, 7) is 4.68. The van der Waals surface area contributed by atoms with Gasteiger partial charge in [0.25, 0.3) is 0 Å². The zero-order valence-corrected chi connectivity index (χ0v) is 23.6. The van der Waals surface area contributed by atoms with Gasteiger partial charge in [-0.3, -0.25) is 9.36 Å². The van der Waals surface area contributed by atoms with Gasteiger partial charge in [-0.2, -0.15) is 4.98 Å². The minimum absolute atomic E-state index is 0.0898. The van der Waals surface area contributed by atoms with Gasteiger partial charge in [0.1, 0.15) is 11.3 Å². The van der Waals surface area contributed by atoms with Crippen LogP contribution < -0.4 is 16.4 Å². The highest BCUT2D eigenvalue weighted by molar-refractivity contribution is 6.33. The number of anilines is 3. The van der Waals surface area contributed by atoms with E-state index in [0.29, 0.717) is 55.9 Å². The second-order valence-electron chi connectivity index (χ2n) is 10.8. The average molecular weight is 591 g/mol. The van der Waals surface area contributed by atoms with Crippen molar-refractivity contribution in [1.82, 2.24) is 24.4 Å². The number of hydrogen-bond donors (Lipinski definition) is 3. The summed E-state index contributed by atoms with van der Waals surface area (Å²) in [5, 5.41) is 6.13. The lowest BCUT2D eigenvalue weighted by Crippen LogP contribution is -2.46. The molecular formula is C27H33ClF2N8O3. The molecule has 0 unspecified atom stereocenters. The molecular weight excluding hydrogens is 558 g/mol. The molecule has 2 fully saturated rings. The lowest BCUT2D eigenvalue weighted by molar-refractivity contribution is -0.122. The van der Waals surface area contributed by atoms with E-state index in [0.717, 1.165) is 25.0 Å². The van der Waals surface area contributed by atoms with Gasteiger partial charge in [0.2, 0.25) is 17.8 Å². The molecule has 1 aromatic carbocycles. The number of primary amides is 1. The Balaban J connectivity index is 1.45. The molecule has 3 heterocycles. The van der Waals surface area contributed by atoms with E-state index in [9.17, 15) is 18.4 Å². The fourth-order valence-corrected chi connectivity index (χ4v) is 5.75. The molecule has 0 spiro atoms. The third-order valence-corrected chi connectivity index (χ3v) is 7.79. The number of benzene rings is 1. The number of carbonyl (C=O) groups is 2. The minimum atomic E-state index is -0.864. The van der Waals surface area contributed by atoms with E-state index < -0.39 is 11.6 Å². The van der Waals surface area contributed by atoms with E-state index in [1.807, 2.05) is 18.4 Å². The molecule has 2 aliphatic rings. The van der Waals surface area contributed by atoms with Crippen LogP contribution in [0.4, 0.5) is 31.2 Å². The van der Waals surface area contributed by atoms with Crippen LogP contribution in [0.2, 0.25) is 5.02 Å². The van der Waals surface area contributed by atoms with Crippen LogP contribution in [0.25, 0.3) is 11.2 Å². The van der Waals surface area contributed by atoms with E-state index in [-0.39, 0.29) is 52.8 Å². The van der Waals surface area contributed by atoms with Crippen molar-refractivity contribution in [2.75, 3.05) is 23.7 Å². The molecule has 11 nitrogen and oxygen atoms in total. The maximum Gasteiger partial charge on any atom is 0.410 e. The van der Waals surface area contributed by atoms with Gasteiger partial charge in [-0.1, -0.05) is 11.6 Å². The van der Waals surface area contributed by atoms with Gasteiger partial charge in [0, 0.05) is 37.2 Å². The molecule has 14 heteroatoms. The monoisotopic (exact) mass is 590 g/mol. The molecule has 1 aliphatic carbocycles. The van der Waals surface area contributed by atoms with Crippen LogP contribution in [0.15, 0.2) is 18.3 Å². The minimum Gasteiger partial charge on any atom is -0.447 e. The number of rotatable bonds is 7. The van der Waals surface area contributed by atoms with Gasteiger partial charge >= 0.3 is 6.09 Å². The summed E-state index contributed by atoms with van der Waals surface area (Å²) in [7, 11) is 0. The summed E-state index contributed by atoms with van der Waals surface area (Å²) in [6, 6.07) is 1.54. The van der Waals surface area contributed by atoms with Crippen LogP contribution in [0.1, 0.15) is 58.4 Å². The van der Waals surface area contributed by atoms with Crippen LogP contribution in [-0.4, -0.2) is 61.7 Å². The number of likely N-dealkylation sites (tertiary alicyclic amines) is 1. The first kappa shape index (κ1) is 28.8. The number of fused-ring (bicyclic) bond motifs is 1. The Bertz CT molecular complexity index is 1420. The van der Waals surface area contributed by atoms with Crippen molar-refractivity contribution >= 4 is 52.3 Å². The van der Waals surface area contributed by atoms with Crippen LogP contribution in [0.3, 0.4) is 0 Å². The van der Waals surface area contributed by atoms with Crippen molar-refractivity contribution in [2.24, 2.45) is 11.7 Å². The second kappa shape index (κ2) is 12.0. The number of carbonyl (C=O) groups excluding carboxylic acids is 2. The Morgan fingerprint density at radius 3 is 2.59 bits per heavy atom. The van der Waals surface area contributed by atoms with Crippen molar-refractivity contribution in [3.63, 3.8) is 0 Å². The number of piperidine rings is 1. The zero-order chi connectivity index (χ0) is 29.3. The summed E-state index contributed by atoms with van der Waals surface area (Å²) in [5.41, 5.74) is 6.38. The van der Waals surface area contributed by atoms with Crippen molar-refractivity contribution in [2.45, 2.75) is 70.6 Å². The molecule has 0 radical (unpaired) electrons. The number of nitrogens with two attached hydrogens (primary N) is 1. The Morgan fingerprint density at radius 1 is 1.15 bits per heavy atom. The van der Waals surface area contributed by atoms with Gasteiger partial charge < -0.3 is 26.0 Å². The number of imidazole rings is 1. The quantitative estimate of drug-likeness (QED) is 0.344. The van der Waals surface area contributed by atoms with Crippen molar-refractivity contribution in [3.8, 4) is 0 Å². The number of nitrogens with one attached hydrogen (secondary N) is 2. The number of amides is 2.